The number of rotatable bonds is 6. The van der Waals surface area contributed by atoms with E-state index in [9.17, 15) is 9.59 Å². The number of amides is 1. The van der Waals surface area contributed by atoms with E-state index in [4.69, 9.17) is 14.7 Å². The zero-order valence-electron chi connectivity index (χ0n) is 12.6. The van der Waals surface area contributed by atoms with Gasteiger partial charge >= 0.3 is 12.1 Å². The molecular formula is C14H23N3O4. The number of carbonyl (C=O) groups is 2. The number of hydrogen-bond acceptors (Lipinski definition) is 6. The SMILES string of the molecule is CCOC(=O)CC1CC(NC(=O)OCC)CN(CC#N)C1. The summed E-state index contributed by atoms with van der Waals surface area (Å²) in [6.45, 7) is 5.71. The third kappa shape index (κ3) is 6.45. The van der Waals surface area contributed by atoms with Crippen LogP contribution < -0.4 is 5.32 Å². The van der Waals surface area contributed by atoms with Gasteiger partial charge in [0.25, 0.3) is 0 Å². The summed E-state index contributed by atoms with van der Waals surface area (Å²) in [7, 11) is 0. The third-order valence-electron chi connectivity index (χ3n) is 3.27. The topological polar surface area (TPSA) is 91.7 Å². The van der Waals surface area contributed by atoms with Crippen molar-refractivity contribution in [3.05, 3.63) is 0 Å². The monoisotopic (exact) mass is 297 g/mol. The fourth-order valence-corrected chi connectivity index (χ4v) is 2.58. The molecule has 118 valence electrons. The molecule has 0 radical (unpaired) electrons. The molecule has 0 aromatic carbocycles. The first-order chi connectivity index (χ1) is 10.1. The molecule has 1 heterocycles. The van der Waals surface area contributed by atoms with E-state index >= 15 is 0 Å². The van der Waals surface area contributed by atoms with Crippen LogP contribution in [-0.2, 0) is 14.3 Å². The van der Waals surface area contributed by atoms with Gasteiger partial charge in [-0.15, -0.1) is 0 Å². The molecule has 0 aliphatic carbocycles. The van der Waals surface area contributed by atoms with E-state index in [-0.39, 0.29) is 24.5 Å². The highest BCUT2D eigenvalue weighted by Crippen LogP contribution is 2.20. The van der Waals surface area contributed by atoms with E-state index in [0.717, 1.165) is 0 Å². The highest BCUT2D eigenvalue weighted by molar-refractivity contribution is 5.70. The van der Waals surface area contributed by atoms with E-state index in [0.29, 0.717) is 39.1 Å². The minimum atomic E-state index is -0.462. The summed E-state index contributed by atoms with van der Waals surface area (Å²) in [5.74, 6) is -0.172. The summed E-state index contributed by atoms with van der Waals surface area (Å²) in [6, 6.07) is 1.98. The van der Waals surface area contributed by atoms with Gasteiger partial charge in [-0.05, 0) is 26.2 Å². The Kier molecular flexibility index (Phi) is 7.54. The van der Waals surface area contributed by atoms with Crippen molar-refractivity contribution < 1.29 is 19.1 Å². The van der Waals surface area contributed by atoms with Crippen LogP contribution in [0.15, 0.2) is 0 Å². The molecule has 1 N–H and O–H groups in total. The molecule has 7 nitrogen and oxygen atoms in total. The Hall–Kier alpha value is -1.81. The van der Waals surface area contributed by atoms with Crippen molar-refractivity contribution in [3.8, 4) is 6.07 Å². The van der Waals surface area contributed by atoms with E-state index in [1.807, 2.05) is 4.90 Å². The number of nitriles is 1. The lowest BCUT2D eigenvalue weighted by molar-refractivity contribution is -0.144. The second-order valence-corrected chi connectivity index (χ2v) is 5.02. The zero-order chi connectivity index (χ0) is 15.7. The van der Waals surface area contributed by atoms with Gasteiger partial charge in [-0.1, -0.05) is 0 Å². The van der Waals surface area contributed by atoms with Crippen molar-refractivity contribution in [3.63, 3.8) is 0 Å². The van der Waals surface area contributed by atoms with Gasteiger partial charge in [-0.3, -0.25) is 9.69 Å². The van der Waals surface area contributed by atoms with Crippen LogP contribution in [0.5, 0.6) is 0 Å². The number of carbonyl (C=O) groups excluding carboxylic acids is 2. The van der Waals surface area contributed by atoms with Gasteiger partial charge in [0.15, 0.2) is 0 Å². The largest absolute Gasteiger partial charge is 0.466 e. The van der Waals surface area contributed by atoms with Crippen molar-refractivity contribution in [2.75, 3.05) is 32.8 Å². The standard InChI is InChI=1S/C14H23N3O4/c1-3-20-13(18)8-11-7-12(16-14(19)21-4-2)10-17(9-11)6-5-15/h11-12H,3-4,6-10H2,1-2H3,(H,16,19). The molecule has 0 spiro atoms. The molecule has 1 aliphatic rings. The summed E-state index contributed by atoms with van der Waals surface area (Å²) >= 11 is 0. The van der Waals surface area contributed by atoms with Crippen molar-refractivity contribution in [1.82, 2.24) is 10.2 Å². The van der Waals surface area contributed by atoms with E-state index in [1.54, 1.807) is 13.8 Å². The number of likely N-dealkylation sites (tertiary alicyclic amines) is 1. The second kappa shape index (κ2) is 9.19. The van der Waals surface area contributed by atoms with Crippen LogP contribution in [-0.4, -0.2) is 55.9 Å². The molecule has 1 amide bonds. The summed E-state index contributed by atoms with van der Waals surface area (Å²) in [4.78, 5) is 25.0. The fourth-order valence-electron chi connectivity index (χ4n) is 2.58. The zero-order valence-corrected chi connectivity index (χ0v) is 12.6. The number of nitrogens with zero attached hydrogens (tertiary/aromatic N) is 2. The van der Waals surface area contributed by atoms with Gasteiger partial charge < -0.3 is 14.8 Å². The van der Waals surface area contributed by atoms with Crippen LogP contribution in [0.2, 0.25) is 0 Å². The first-order valence-corrected chi connectivity index (χ1v) is 7.27. The summed E-state index contributed by atoms with van der Waals surface area (Å²) in [5, 5.41) is 11.6. The van der Waals surface area contributed by atoms with Crippen LogP contribution >= 0.6 is 0 Å². The highest BCUT2D eigenvalue weighted by Gasteiger charge is 2.30. The molecule has 0 bridgehead atoms. The average Bonchev–Trinajstić information content (AvgIpc) is 2.39. The maximum atomic E-state index is 11.6. The van der Waals surface area contributed by atoms with Crippen LogP contribution in [0.4, 0.5) is 4.79 Å². The maximum Gasteiger partial charge on any atom is 0.407 e. The first-order valence-electron chi connectivity index (χ1n) is 7.27. The number of nitrogens with one attached hydrogen (secondary N) is 1. The molecule has 7 heteroatoms. The van der Waals surface area contributed by atoms with Crippen LogP contribution in [0.1, 0.15) is 26.7 Å². The van der Waals surface area contributed by atoms with Crippen molar-refractivity contribution in [2.24, 2.45) is 5.92 Å². The third-order valence-corrected chi connectivity index (χ3v) is 3.27. The van der Waals surface area contributed by atoms with Gasteiger partial charge in [-0.2, -0.15) is 5.26 Å². The Morgan fingerprint density at radius 1 is 1.29 bits per heavy atom. The van der Waals surface area contributed by atoms with Gasteiger partial charge in [0.2, 0.25) is 0 Å². The lowest BCUT2D eigenvalue weighted by atomic mass is 9.91. The molecule has 0 aromatic heterocycles. The fraction of sp³-hybridized carbons (Fsp3) is 0.786. The molecule has 1 rings (SSSR count). The van der Waals surface area contributed by atoms with Gasteiger partial charge in [0, 0.05) is 25.6 Å². The van der Waals surface area contributed by atoms with E-state index < -0.39 is 6.09 Å². The van der Waals surface area contributed by atoms with Crippen LogP contribution in [0.3, 0.4) is 0 Å². The maximum absolute atomic E-state index is 11.6. The quantitative estimate of drug-likeness (QED) is 0.578. The first kappa shape index (κ1) is 17.2. The molecule has 0 aromatic rings. The van der Waals surface area contributed by atoms with E-state index in [2.05, 4.69) is 11.4 Å². The smallest absolute Gasteiger partial charge is 0.407 e. The minimum absolute atomic E-state index is 0.0677. The van der Waals surface area contributed by atoms with Crippen LogP contribution in [0.25, 0.3) is 0 Å². The predicted octanol–water partition coefficient (Wildman–Crippen LogP) is 0.900. The Labute approximate surface area is 125 Å². The average molecular weight is 297 g/mol. The van der Waals surface area contributed by atoms with Gasteiger partial charge in [0.05, 0.1) is 25.8 Å². The number of esters is 1. The molecule has 1 saturated heterocycles. The predicted molar refractivity (Wildman–Crippen MR) is 75.4 cm³/mol. The normalized spacial score (nSPS) is 22.1. The number of alkyl carbamates (subject to hydrolysis) is 1. The highest BCUT2D eigenvalue weighted by atomic mass is 16.5. The van der Waals surface area contributed by atoms with Gasteiger partial charge in [0.1, 0.15) is 0 Å². The molecular weight excluding hydrogens is 274 g/mol. The Morgan fingerprint density at radius 2 is 2.00 bits per heavy atom. The lowest BCUT2D eigenvalue weighted by Gasteiger charge is -2.36. The van der Waals surface area contributed by atoms with Crippen molar-refractivity contribution >= 4 is 12.1 Å². The number of ether oxygens (including phenoxy) is 2. The van der Waals surface area contributed by atoms with Crippen molar-refractivity contribution in [2.45, 2.75) is 32.7 Å². The number of piperidine rings is 1. The van der Waals surface area contributed by atoms with Crippen molar-refractivity contribution in [1.29, 1.82) is 5.26 Å². The second-order valence-electron chi connectivity index (χ2n) is 5.02. The summed E-state index contributed by atoms with van der Waals surface area (Å²) in [5.41, 5.74) is 0. The van der Waals surface area contributed by atoms with Gasteiger partial charge in [-0.25, -0.2) is 4.79 Å². The molecule has 2 atom stereocenters. The molecule has 1 aliphatic heterocycles. The minimum Gasteiger partial charge on any atom is -0.466 e. The van der Waals surface area contributed by atoms with Crippen LogP contribution in [0, 0.1) is 17.2 Å². The summed E-state index contributed by atoms with van der Waals surface area (Å²) in [6.07, 6.45) is 0.521. The molecule has 0 saturated carbocycles. The number of hydrogen-bond donors (Lipinski definition) is 1. The van der Waals surface area contributed by atoms with E-state index in [1.165, 1.54) is 0 Å². The lowest BCUT2D eigenvalue weighted by Crippen LogP contribution is -2.51. The molecule has 21 heavy (non-hydrogen) atoms. The Balaban J connectivity index is 2.57. The Bertz CT molecular complexity index is 366. The Morgan fingerprint density at radius 3 is 2.62 bits per heavy atom. The molecule has 1 fully saturated rings. The molecule has 2 unspecified atom stereocenters. The summed E-state index contributed by atoms with van der Waals surface area (Å²) < 4.78 is 9.83.